The van der Waals surface area contributed by atoms with Gasteiger partial charge in [-0.3, -0.25) is 0 Å². The van der Waals surface area contributed by atoms with Crippen LogP contribution < -0.4 is 0 Å². The Morgan fingerprint density at radius 1 is 1.50 bits per heavy atom. The van der Waals surface area contributed by atoms with Gasteiger partial charge in [0, 0.05) is 5.56 Å². The van der Waals surface area contributed by atoms with Gasteiger partial charge in [-0.15, -0.1) is 6.42 Å². The molecule has 0 bridgehead atoms. The Kier molecular flexibility index (Phi) is 2.09. The Bertz CT molecular complexity index is 258. The van der Waals surface area contributed by atoms with Crippen molar-refractivity contribution in [3.05, 3.63) is 42.0 Å². The van der Waals surface area contributed by atoms with Crippen molar-refractivity contribution in [3.63, 3.8) is 0 Å². The van der Waals surface area contributed by atoms with Gasteiger partial charge in [0.25, 0.3) is 0 Å². The van der Waals surface area contributed by atoms with Gasteiger partial charge in [-0.1, -0.05) is 18.1 Å². The number of hydrogen-bond acceptors (Lipinski definition) is 1. The van der Waals surface area contributed by atoms with Crippen LogP contribution in [0.1, 0.15) is 11.1 Å². The third-order valence-electron chi connectivity index (χ3n) is 1.20. The molecule has 0 fully saturated rings. The fourth-order valence-corrected chi connectivity index (χ4v) is 0.709. The Balaban J connectivity index is 3.01. The van der Waals surface area contributed by atoms with Crippen molar-refractivity contribution in [1.29, 1.82) is 0 Å². The molecule has 0 unspecified atom stereocenters. The molecular formula is C9H7O. The highest BCUT2D eigenvalue weighted by molar-refractivity contribution is 5.36. The van der Waals surface area contributed by atoms with Crippen LogP contribution in [-0.4, -0.2) is 5.11 Å². The van der Waals surface area contributed by atoms with Crippen LogP contribution in [0.2, 0.25) is 0 Å². The molecule has 0 saturated carbocycles. The van der Waals surface area contributed by atoms with Gasteiger partial charge < -0.3 is 5.11 Å². The Morgan fingerprint density at radius 3 is 2.90 bits per heavy atom. The fraction of sp³-hybridized carbons (Fsp3) is 0. The highest BCUT2D eigenvalue weighted by Gasteiger charge is 1.89. The smallest absolute Gasteiger partial charge is 0.109 e. The predicted molar refractivity (Wildman–Crippen MR) is 39.7 cm³/mol. The summed E-state index contributed by atoms with van der Waals surface area (Å²) in [4.78, 5) is 0. The molecule has 1 aromatic rings. The molecular weight excluding hydrogens is 124 g/mol. The highest BCUT2D eigenvalue weighted by atomic mass is 16.3. The summed E-state index contributed by atoms with van der Waals surface area (Å²) in [5, 5.41) is 8.56. The Labute approximate surface area is 60.3 Å². The summed E-state index contributed by atoms with van der Waals surface area (Å²) in [6, 6.07) is 7.13. The van der Waals surface area contributed by atoms with Crippen molar-refractivity contribution in [2.45, 2.75) is 0 Å². The molecule has 1 radical (unpaired) electrons. The standard InChI is InChI=1S/C9H7O/c1-2-8-4-3-5-9(6-8)7-10/h1,3-7,10H. The van der Waals surface area contributed by atoms with Crippen LogP contribution in [0.3, 0.4) is 0 Å². The molecule has 0 saturated heterocycles. The van der Waals surface area contributed by atoms with Crippen LogP contribution in [0.5, 0.6) is 0 Å². The van der Waals surface area contributed by atoms with Crippen molar-refractivity contribution in [2.24, 2.45) is 0 Å². The third-order valence-corrected chi connectivity index (χ3v) is 1.20. The lowest BCUT2D eigenvalue weighted by Crippen LogP contribution is -1.80. The molecule has 1 rings (SSSR count). The molecule has 49 valence electrons. The summed E-state index contributed by atoms with van der Waals surface area (Å²) in [5.74, 6) is 2.47. The van der Waals surface area contributed by atoms with Gasteiger partial charge in [0.2, 0.25) is 0 Å². The number of rotatable bonds is 1. The minimum atomic E-state index is 0.732. The SMILES string of the molecule is C#Cc1cccc([CH]O)c1. The van der Waals surface area contributed by atoms with Crippen LogP contribution in [-0.2, 0) is 0 Å². The summed E-state index contributed by atoms with van der Waals surface area (Å²) in [6.45, 7) is 1.03. The average Bonchev–Trinajstić information content (AvgIpc) is 2.05. The first-order valence-electron chi connectivity index (χ1n) is 2.91. The molecule has 1 N–H and O–H groups in total. The summed E-state index contributed by atoms with van der Waals surface area (Å²) in [6.07, 6.45) is 5.13. The molecule has 0 spiro atoms. The third kappa shape index (κ3) is 1.37. The molecule has 0 amide bonds. The molecule has 1 aromatic carbocycles. The van der Waals surface area contributed by atoms with Crippen molar-refractivity contribution < 1.29 is 5.11 Å². The van der Waals surface area contributed by atoms with E-state index in [-0.39, 0.29) is 0 Å². The van der Waals surface area contributed by atoms with E-state index in [1.807, 2.05) is 6.07 Å². The van der Waals surface area contributed by atoms with E-state index in [1.54, 1.807) is 18.2 Å². The van der Waals surface area contributed by atoms with Crippen LogP contribution >= 0.6 is 0 Å². The van der Waals surface area contributed by atoms with E-state index in [0.717, 1.165) is 17.7 Å². The van der Waals surface area contributed by atoms with Crippen LogP contribution in [0.15, 0.2) is 24.3 Å². The van der Waals surface area contributed by atoms with E-state index >= 15 is 0 Å². The number of terminal acetylenes is 1. The lowest BCUT2D eigenvalue weighted by molar-refractivity contribution is 0.415. The number of hydrogen-bond donors (Lipinski definition) is 1. The van der Waals surface area contributed by atoms with E-state index in [4.69, 9.17) is 11.5 Å². The molecule has 1 heteroatoms. The highest BCUT2D eigenvalue weighted by Crippen LogP contribution is 2.03. The Hall–Kier alpha value is -1.26. The number of aliphatic hydroxyl groups excluding tert-OH is 1. The van der Waals surface area contributed by atoms with Crippen LogP contribution in [0.4, 0.5) is 0 Å². The van der Waals surface area contributed by atoms with Crippen LogP contribution in [0, 0.1) is 19.0 Å². The first-order chi connectivity index (χ1) is 4.86. The molecule has 0 heterocycles. The molecule has 1 nitrogen and oxygen atoms in total. The van der Waals surface area contributed by atoms with E-state index in [0.29, 0.717) is 0 Å². The van der Waals surface area contributed by atoms with Gasteiger partial charge in [-0.25, -0.2) is 0 Å². The summed E-state index contributed by atoms with van der Waals surface area (Å²) < 4.78 is 0. The molecule has 0 aliphatic heterocycles. The van der Waals surface area contributed by atoms with E-state index in [1.165, 1.54) is 0 Å². The van der Waals surface area contributed by atoms with Crippen molar-refractivity contribution in [3.8, 4) is 12.3 Å². The minimum Gasteiger partial charge on any atom is -0.385 e. The predicted octanol–water partition coefficient (Wildman–Crippen LogP) is 1.55. The van der Waals surface area contributed by atoms with E-state index < -0.39 is 0 Å². The molecule has 0 atom stereocenters. The normalized spacial score (nSPS) is 8.80. The summed E-state index contributed by atoms with van der Waals surface area (Å²) >= 11 is 0. The maximum atomic E-state index is 8.56. The van der Waals surface area contributed by atoms with Gasteiger partial charge in [0.15, 0.2) is 0 Å². The second-order valence-electron chi connectivity index (χ2n) is 1.90. The lowest BCUT2D eigenvalue weighted by atomic mass is 10.1. The topological polar surface area (TPSA) is 20.2 Å². The minimum absolute atomic E-state index is 0.732. The van der Waals surface area contributed by atoms with Crippen molar-refractivity contribution in [2.75, 3.05) is 0 Å². The summed E-state index contributed by atoms with van der Waals surface area (Å²) in [5.41, 5.74) is 1.51. The zero-order valence-corrected chi connectivity index (χ0v) is 5.41. The zero-order valence-electron chi connectivity index (χ0n) is 5.41. The van der Waals surface area contributed by atoms with Gasteiger partial charge in [-0.05, 0) is 17.7 Å². The summed E-state index contributed by atoms with van der Waals surface area (Å²) in [7, 11) is 0. The lowest BCUT2D eigenvalue weighted by Gasteiger charge is -1.93. The first-order valence-corrected chi connectivity index (χ1v) is 2.91. The molecule has 0 aromatic heterocycles. The van der Waals surface area contributed by atoms with Crippen LogP contribution in [0.25, 0.3) is 0 Å². The first kappa shape index (κ1) is 6.85. The molecule has 10 heavy (non-hydrogen) atoms. The second-order valence-corrected chi connectivity index (χ2v) is 1.90. The largest absolute Gasteiger partial charge is 0.385 e. The monoisotopic (exact) mass is 131 g/mol. The van der Waals surface area contributed by atoms with Gasteiger partial charge in [0.05, 0.1) is 0 Å². The van der Waals surface area contributed by atoms with Gasteiger partial charge in [-0.2, -0.15) is 0 Å². The number of aliphatic hydroxyl groups is 1. The van der Waals surface area contributed by atoms with E-state index in [9.17, 15) is 0 Å². The quantitative estimate of drug-likeness (QED) is 0.573. The molecule has 0 aliphatic rings. The second kappa shape index (κ2) is 3.05. The van der Waals surface area contributed by atoms with Gasteiger partial charge >= 0.3 is 0 Å². The Morgan fingerprint density at radius 2 is 2.30 bits per heavy atom. The molecule has 0 aliphatic carbocycles. The van der Waals surface area contributed by atoms with Gasteiger partial charge in [0.1, 0.15) is 6.61 Å². The maximum Gasteiger partial charge on any atom is 0.109 e. The van der Waals surface area contributed by atoms with Crippen molar-refractivity contribution >= 4 is 0 Å². The van der Waals surface area contributed by atoms with Crippen molar-refractivity contribution in [1.82, 2.24) is 0 Å². The zero-order chi connectivity index (χ0) is 7.40. The fourth-order valence-electron chi connectivity index (χ4n) is 0.709. The number of benzene rings is 1. The van der Waals surface area contributed by atoms with E-state index in [2.05, 4.69) is 5.92 Å². The maximum absolute atomic E-state index is 8.56. The average molecular weight is 131 g/mol.